The Hall–Kier alpha value is -1.10. The molecule has 0 atom stereocenters. The molecule has 0 rings (SSSR count). The summed E-state index contributed by atoms with van der Waals surface area (Å²) in [6.45, 7) is 10.9. The lowest BCUT2D eigenvalue weighted by atomic mass is 9.94. The molecule has 0 fully saturated rings. The van der Waals surface area contributed by atoms with Crippen LogP contribution in [0.1, 0.15) is 189 Å². The van der Waals surface area contributed by atoms with Crippen molar-refractivity contribution in [1.82, 2.24) is 0 Å². The molecule has 0 amide bonds. The van der Waals surface area contributed by atoms with Crippen molar-refractivity contribution < 1.29 is 24.2 Å². The van der Waals surface area contributed by atoms with Gasteiger partial charge in [0.15, 0.2) is 0 Å². The largest absolute Gasteiger partial charge is 0.465 e. The molecule has 0 bridgehead atoms. The van der Waals surface area contributed by atoms with E-state index in [1.807, 2.05) is 0 Å². The normalized spacial score (nSPS) is 11.9. The number of hydrogen-bond acceptors (Lipinski definition) is 5. The fourth-order valence-electron chi connectivity index (χ4n) is 5.26. The SMILES string of the molecule is CC(C)CCCCCCCCCCCCC(=O)OCC(C)(CO)COC(=O)CCCCCCCCCCCCC(C)C. The van der Waals surface area contributed by atoms with Gasteiger partial charge in [0.05, 0.1) is 12.0 Å². The maximum absolute atomic E-state index is 12.2. The Bertz CT molecular complexity index is 567. The van der Waals surface area contributed by atoms with Crippen molar-refractivity contribution in [1.29, 1.82) is 0 Å². The Balaban J connectivity index is 3.67. The van der Waals surface area contributed by atoms with Crippen molar-refractivity contribution in [3.05, 3.63) is 0 Å². The second-order valence-electron chi connectivity index (χ2n) is 14.2. The van der Waals surface area contributed by atoms with Gasteiger partial charge in [-0.1, -0.05) is 163 Å². The van der Waals surface area contributed by atoms with Crippen molar-refractivity contribution in [3.8, 4) is 0 Å². The summed E-state index contributed by atoms with van der Waals surface area (Å²) in [5, 5.41) is 9.83. The molecule has 0 spiro atoms. The van der Waals surface area contributed by atoms with E-state index in [1.165, 1.54) is 116 Å². The first-order chi connectivity index (χ1) is 20.2. The summed E-state index contributed by atoms with van der Waals surface area (Å²) in [4.78, 5) is 24.4. The van der Waals surface area contributed by atoms with Gasteiger partial charge in [-0.2, -0.15) is 0 Å². The van der Waals surface area contributed by atoms with Crippen molar-refractivity contribution >= 4 is 11.9 Å². The van der Waals surface area contributed by atoms with E-state index in [0.29, 0.717) is 12.8 Å². The number of unbranched alkanes of at least 4 members (excludes halogenated alkanes) is 18. The zero-order valence-electron chi connectivity index (χ0n) is 28.8. The minimum absolute atomic E-state index is 0.0739. The van der Waals surface area contributed by atoms with E-state index in [4.69, 9.17) is 9.47 Å². The standard InChI is InChI=1S/C37H72O5/c1-33(2)26-22-18-14-10-6-8-12-16-20-24-28-35(39)41-31-37(5,30-38)32-42-36(40)29-25-21-17-13-9-7-11-15-19-23-27-34(3)4/h33-34,38H,6-32H2,1-5H3. The number of hydrogen-bond donors (Lipinski definition) is 1. The number of carbonyl (C=O) groups is 2. The number of esters is 2. The van der Waals surface area contributed by atoms with Crippen molar-refractivity contribution in [2.24, 2.45) is 17.3 Å². The van der Waals surface area contributed by atoms with Crippen LogP contribution in [0.3, 0.4) is 0 Å². The van der Waals surface area contributed by atoms with E-state index in [9.17, 15) is 14.7 Å². The summed E-state index contributed by atoms with van der Waals surface area (Å²) < 4.78 is 10.9. The van der Waals surface area contributed by atoms with Crippen molar-refractivity contribution in [2.75, 3.05) is 19.8 Å². The first-order valence-electron chi connectivity index (χ1n) is 18.1. The first-order valence-corrected chi connectivity index (χ1v) is 18.1. The Labute approximate surface area is 261 Å². The molecule has 0 aromatic heterocycles. The quantitative estimate of drug-likeness (QED) is 0.0636. The van der Waals surface area contributed by atoms with Gasteiger partial charge in [0.2, 0.25) is 0 Å². The maximum Gasteiger partial charge on any atom is 0.305 e. The van der Waals surface area contributed by atoms with Gasteiger partial charge in [-0.15, -0.1) is 0 Å². The average Bonchev–Trinajstić information content (AvgIpc) is 2.95. The molecule has 0 aliphatic carbocycles. The molecule has 0 saturated heterocycles. The highest BCUT2D eigenvalue weighted by Gasteiger charge is 2.27. The Morgan fingerprint density at radius 2 is 0.762 bits per heavy atom. The lowest BCUT2D eigenvalue weighted by Gasteiger charge is -2.26. The number of aliphatic hydroxyl groups excluding tert-OH is 1. The molecule has 5 heteroatoms. The van der Waals surface area contributed by atoms with Gasteiger partial charge in [0, 0.05) is 12.8 Å². The fraction of sp³-hybridized carbons (Fsp3) is 0.946. The summed E-state index contributed by atoms with van der Waals surface area (Å²) in [6, 6.07) is 0. The maximum atomic E-state index is 12.2. The highest BCUT2D eigenvalue weighted by molar-refractivity contribution is 5.69. The van der Waals surface area contributed by atoms with Gasteiger partial charge in [-0.3, -0.25) is 9.59 Å². The number of ether oxygens (including phenoxy) is 2. The first kappa shape index (κ1) is 40.9. The highest BCUT2D eigenvalue weighted by atomic mass is 16.5. The zero-order chi connectivity index (χ0) is 31.3. The molecule has 5 nitrogen and oxygen atoms in total. The smallest absolute Gasteiger partial charge is 0.305 e. The molecular weight excluding hydrogens is 524 g/mol. The van der Waals surface area contributed by atoms with Gasteiger partial charge in [-0.25, -0.2) is 0 Å². The Kier molecular flexibility index (Phi) is 27.9. The fourth-order valence-corrected chi connectivity index (χ4v) is 5.26. The third-order valence-corrected chi connectivity index (χ3v) is 8.37. The van der Waals surface area contributed by atoms with Gasteiger partial charge < -0.3 is 14.6 Å². The molecular formula is C37H72O5. The third-order valence-electron chi connectivity index (χ3n) is 8.37. The minimum Gasteiger partial charge on any atom is -0.465 e. The Morgan fingerprint density at radius 3 is 1.02 bits per heavy atom. The molecule has 0 aromatic carbocycles. The van der Waals surface area contributed by atoms with E-state index in [1.54, 1.807) is 6.92 Å². The summed E-state index contributed by atoms with van der Waals surface area (Å²) in [5.41, 5.74) is -0.755. The number of aliphatic hydroxyl groups is 1. The van der Waals surface area contributed by atoms with E-state index in [0.717, 1.165) is 37.5 Å². The molecule has 0 saturated carbocycles. The van der Waals surface area contributed by atoms with Crippen LogP contribution in [0, 0.1) is 17.3 Å². The molecule has 0 radical (unpaired) electrons. The van der Waals surface area contributed by atoms with Crippen LogP contribution in [-0.2, 0) is 19.1 Å². The summed E-state index contributed by atoms with van der Waals surface area (Å²) >= 11 is 0. The lowest BCUT2D eigenvalue weighted by Crippen LogP contribution is -2.35. The minimum atomic E-state index is -0.755. The van der Waals surface area contributed by atoms with Crippen LogP contribution in [-0.4, -0.2) is 36.9 Å². The molecule has 42 heavy (non-hydrogen) atoms. The van der Waals surface area contributed by atoms with Gasteiger partial charge in [0.25, 0.3) is 0 Å². The van der Waals surface area contributed by atoms with E-state index in [-0.39, 0.29) is 31.8 Å². The van der Waals surface area contributed by atoms with Gasteiger partial charge in [0.1, 0.15) is 13.2 Å². The van der Waals surface area contributed by atoms with Crippen molar-refractivity contribution in [2.45, 2.75) is 189 Å². The van der Waals surface area contributed by atoms with Crippen LogP contribution < -0.4 is 0 Å². The summed E-state index contributed by atoms with van der Waals surface area (Å²) in [5.74, 6) is 1.20. The van der Waals surface area contributed by atoms with E-state index in [2.05, 4.69) is 27.7 Å². The van der Waals surface area contributed by atoms with E-state index < -0.39 is 5.41 Å². The topological polar surface area (TPSA) is 72.8 Å². The van der Waals surface area contributed by atoms with Crippen LogP contribution in [0.2, 0.25) is 0 Å². The van der Waals surface area contributed by atoms with Crippen LogP contribution in [0.4, 0.5) is 0 Å². The number of carbonyl (C=O) groups excluding carboxylic acids is 2. The van der Waals surface area contributed by atoms with E-state index >= 15 is 0 Å². The van der Waals surface area contributed by atoms with Crippen LogP contribution in [0.5, 0.6) is 0 Å². The highest BCUT2D eigenvalue weighted by Crippen LogP contribution is 2.19. The second-order valence-corrected chi connectivity index (χ2v) is 14.2. The van der Waals surface area contributed by atoms with Crippen LogP contribution in [0.25, 0.3) is 0 Å². The van der Waals surface area contributed by atoms with Crippen LogP contribution >= 0.6 is 0 Å². The lowest BCUT2D eigenvalue weighted by molar-refractivity contribution is -0.155. The molecule has 0 aliphatic heterocycles. The Morgan fingerprint density at radius 1 is 0.500 bits per heavy atom. The molecule has 250 valence electrons. The molecule has 0 aliphatic rings. The average molecular weight is 597 g/mol. The molecule has 0 unspecified atom stereocenters. The monoisotopic (exact) mass is 597 g/mol. The predicted octanol–water partition coefficient (Wildman–Crippen LogP) is 10.7. The zero-order valence-corrected chi connectivity index (χ0v) is 28.8. The third kappa shape index (κ3) is 29.0. The van der Waals surface area contributed by atoms with Gasteiger partial charge >= 0.3 is 11.9 Å². The predicted molar refractivity (Wildman–Crippen MR) is 178 cm³/mol. The molecule has 0 heterocycles. The van der Waals surface area contributed by atoms with Crippen molar-refractivity contribution in [3.63, 3.8) is 0 Å². The van der Waals surface area contributed by atoms with Gasteiger partial charge in [-0.05, 0) is 24.7 Å². The summed E-state index contributed by atoms with van der Waals surface area (Å²) in [6.07, 6.45) is 28.3. The summed E-state index contributed by atoms with van der Waals surface area (Å²) in [7, 11) is 0. The number of rotatable bonds is 31. The second kappa shape index (κ2) is 28.7. The van der Waals surface area contributed by atoms with Crippen LogP contribution in [0.15, 0.2) is 0 Å². The molecule has 1 N–H and O–H groups in total. The molecule has 0 aromatic rings.